The van der Waals surface area contributed by atoms with Gasteiger partial charge in [0.05, 0.1) is 29.5 Å². The SMILES string of the molecule is CCC[C@@]1(O)CC[C@@]2(CC)[C@H](CC[C@H]3[C@@H]4CC[C@H]([C@@](C)(O)Cn5cc(C#N)cn5)[C@@]4(C)CC[C@@H]32)C1. The van der Waals surface area contributed by atoms with Gasteiger partial charge in [0.15, 0.2) is 0 Å². The third-order valence-electron chi connectivity index (χ3n) is 11.9. The highest BCUT2D eigenvalue weighted by atomic mass is 16.3. The van der Waals surface area contributed by atoms with Crippen LogP contribution in [-0.4, -0.2) is 31.2 Å². The van der Waals surface area contributed by atoms with Gasteiger partial charge >= 0.3 is 0 Å². The maximum absolute atomic E-state index is 11.8. The minimum Gasteiger partial charge on any atom is -0.390 e. The van der Waals surface area contributed by atoms with E-state index < -0.39 is 11.2 Å². The molecule has 0 spiro atoms. The van der Waals surface area contributed by atoms with E-state index in [9.17, 15) is 10.2 Å². The van der Waals surface area contributed by atoms with Crippen LogP contribution in [0.25, 0.3) is 0 Å². The summed E-state index contributed by atoms with van der Waals surface area (Å²) in [5.74, 6) is 3.16. The first-order valence-corrected chi connectivity index (χ1v) is 14.5. The van der Waals surface area contributed by atoms with Gasteiger partial charge in [-0.3, -0.25) is 4.68 Å². The van der Waals surface area contributed by atoms with Gasteiger partial charge in [0.2, 0.25) is 0 Å². The maximum Gasteiger partial charge on any atom is 0.102 e. The topological polar surface area (TPSA) is 82.1 Å². The first-order valence-electron chi connectivity index (χ1n) is 14.5. The molecule has 2 N–H and O–H groups in total. The maximum atomic E-state index is 11.8. The van der Waals surface area contributed by atoms with Gasteiger partial charge in [-0.1, -0.05) is 27.2 Å². The lowest BCUT2D eigenvalue weighted by Gasteiger charge is -2.63. The monoisotopic (exact) mass is 481 g/mol. The van der Waals surface area contributed by atoms with Crippen molar-refractivity contribution in [1.82, 2.24) is 9.78 Å². The second-order valence-electron chi connectivity index (χ2n) is 13.5. The molecule has 4 fully saturated rings. The molecule has 4 saturated carbocycles. The Morgan fingerprint density at radius 2 is 1.94 bits per heavy atom. The summed E-state index contributed by atoms with van der Waals surface area (Å²) in [6, 6.07) is 2.15. The molecule has 5 nitrogen and oxygen atoms in total. The Hall–Kier alpha value is -1.38. The Labute approximate surface area is 212 Å². The molecule has 194 valence electrons. The number of hydrogen-bond donors (Lipinski definition) is 2. The van der Waals surface area contributed by atoms with E-state index in [4.69, 9.17) is 5.26 Å². The van der Waals surface area contributed by atoms with Crippen molar-refractivity contribution in [2.45, 2.75) is 122 Å². The summed E-state index contributed by atoms with van der Waals surface area (Å²) in [5.41, 5.74) is -0.140. The van der Waals surface area contributed by atoms with Gasteiger partial charge in [0.1, 0.15) is 6.07 Å². The van der Waals surface area contributed by atoms with Gasteiger partial charge in [-0.2, -0.15) is 10.4 Å². The first kappa shape index (κ1) is 25.3. The van der Waals surface area contributed by atoms with Crippen molar-refractivity contribution in [1.29, 1.82) is 5.26 Å². The van der Waals surface area contributed by atoms with Crippen LogP contribution in [0.15, 0.2) is 12.4 Å². The molecule has 0 aliphatic heterocycles. The number of hydrogen-bond acceptors (Lipinski definition) is 4. The molecule has 0 saturated heterocycles. The highest BCUT2D eigenvalue weighted by Crippen LogP contribution is 2.70. The summed E-state index contributed by atoms with van der Waals surface area (Å²) in [4.78, 5) is 0. The van der Waals surface area contributed by atoms with E-state index in [0.29, 0.717) is 29.4 Å². The third kappa shape index (κ3) is 3.98. The minimum atomic E-state index is -0.837. The third-order valence-corrected chi connectivity index (χ3v) is 11.9. The standard InChI is InChI=1S/C30H47N3O2/c1-5-12-29(35)14-15-30(6-2)22(16-29)7-8-23-24-9-10-26(27(24,3)13-11-25(23)30)28(4,34)20-33-19-21(17-31)18-32-33/h18-19,22-26,34-35H,5-16,20H2,1-4H3/t22-,23+,24+,25+,26+,27+,28+,29-,30+/m1/s1. The number of nitrogens with zero attached hydrogens (tertiary/aromatic N) is 3. The van der Waals surface area contributed by atoms with Crippen LogP contribution < -0.4 is 0 Å². The van der Waals surface area contributed by atoms with Crippen molar-refractivity contribution in [3.63, 3.8) is 0 Å². The lowest BCUT2D eigenvalue weighted by Crippen LogP contribution is -2.58. The number of aliphatic hydroxyl groups is 2. The average molecular weight is 482 g/mol. The van der Waals surface area contributed by atoms with Crippen molar-refractivity contribution < 1.29 is 10.2 Å². The zero-order valence-electron chi connectivity index (χ0n) is 22.5. The molecule has 35 heavy (non-hydrogen) atoms. The van der Waals surface area contributed by atoms with E-state index in [1.807, 2.05) is 6.92 Å². The predicted molar refractivity (Wildman–Crippen MR) is 137 cm³/mol. The second kappa shape index (κ2) is 8.88. The van der Waals surface area contributed by atoms with Gasteiger partial charge in [-0.25, -0.2) is 0 Å². The van der Waals surface area contributed by atoms with Crippen molar-refractivity contribution in [3.8, 4) is 6.07 Å². The van der Waals surface area contributed by atoms with Crippen LogP contribution >= 0.6 is 0 Å². The van der Waals surface area contributed by atoms with E-state index in [2.05, 4.69) is 31.9 Å². The second-order valence-corrected chi connectivity index (χ2v) is 13.5. The predicted octanol–water partition coefficient (Wildman–Crippen LogP) is 6.09. The number of fused-ring (bicyclic) bond motifs is 5. The molecular formula is C30H47N3O2. The zero-order chi connectivity index (χ0) is 25.1. The van der Waals surface area contributed by atoms with E-state index in [-0.39, 0.29) is 11.3 Å². The molecule has 1 heterocycles. The smallest absolute Gasteiger partial charge is 0.102 e. The normalized spacial score (nSPS) is 44.5. The Morgan fingerprint density at radius 3 is 2.63 bits per heavy atom. The van der Waals surface area contributed by atoms with Gasteiger partial charge in [0.25, 0.3) is 0 Å². The van der Waals surface area contributed by atoms with Gasteiger partial charge in [-0.05, 0) is 118 Å². The lowest BCUT2D eigenvalue weighted by molar-refractivity contribution is -0.170. The molecule has 1 aromatic heterocycles. The zero-order valence-corrected chi connectivity index (χ0v) is 22.5. The van der Waals surface area contributed by atoms with E-state index in [1.165, 1.54) is 44.9 Å². The fourth-order valence-electron chi connectivity index (χ4n) is 10.5. The Balaban J connectivity index is 1.36. The summed E-state index contributed by atoms with van der Waals surface area (Å²) in [5, 5.41) is 36.6. The molecule has 0 radical (unpaired) electrons. The number of rotatable bonds is 6. The molecule has 0 aromatic carbocycles. The first-order chi connectivity index (χ1) is 16.6. The van der Waals surface area contributed by atoms with Gasteiger partial charge in [0, 0.05) is 6.20 Å². The number of nitriles is 1. The van der Waals surface area contributed by atoms with Crippen LogP contribution in [0.1, 0.15) is 110 Å². The highest BCUT2D eigenvalue weighted by molar-refractivity contribution is 5.22. The summed E-state index contributed by atoms with van der Waals surface area (Å²) < 4.78 is 1.76. The fourth-order valence-corrected chi connectivity index (χ4v) is 10.5. The van der Waals surface area contributed by atoms with Crippen molar-refractivity contribution in [2.75, 3.05) is 0 Å². The molecule has 9 atom stereocenters. The summed E-state index contributed by atoms with van der Waals surface area (Å²) in [7, 11) is 0. The number of aromatic nitrogens is 2. The van der Waals surface area contributed by atoms with Crippen LogP contribution in [0.5, 0.6) is 0 Å². The minimum absolute atomic E-state index is 0.162. The lowest BCUT2D eigenvalue weighted by atomic mass is 9.42. The van der Waals surface area contributed by atoms with Crippen molar-refractivity contribution in [3.05, 3.63) is 18.0 Å². The van der Waals surface area contributed by atoms with E-state index >= 15 is 0 Å². The quantitative estimate of drug-likeness (QED) is 0.515. The Morgan fingerprint density at radius 1 is 1.14 bits per heavy atom. The van der Waals surface area contributed by atoms with Crippen molar-refractivity contribution >= 4 is 0 Å². The summed E-state index contributed by atoms with van der Waals surface area (Å²) in [6.45, 7) is 9.57. The van der Waals surface area contributed by atoms with Crippen LogP contribution in [0.2, 0.25) is 0 Å². The van der Waals surface area contributed by atoms with Crippen molar-refractivity contribution in [2.24, 2.45) is 40.4 Å². The molecule has 0 bridgehead atoms. The molecule has 0 unspecified atom stereocenters. The molecule has 0 amide bonds. The molecule has 4 aliphatic carbocycles. The van der Waals surface area contributed by atoms with Crippen LogP contribution in [0.3, 0.4) is 0 Å². The summed E-state index contributed by atoms with van der Waals surface area (Å²) >= 11 is 0. The van der Waals surface area contributed by atoms with Gasteiger partial charge in [-0.15, -0.1) is 0 Å². The summed E-state index contributed by atoms with van der Waals surface area (Å²) in [6.07, 6.45) is 17.2. The molecule has 5 rings (SSSR count). The van der Waals surface area contributed by atoms with Gasteiger partial charge < -0.3 is 10.2 Å². The molecule has 1 aromatic rings. The fraction of sp³-hybridized carbons (Fsp3) is 0.867. The Kier molecular flexibility index (Phi) is 6.41. The van der Waals surface area contributed by atoms with E-state index in [0.717, 1.165) is 43.9 Å². The molecule has 5 heteroatoms. The molecular weight excluding hydrogens is 434 g/mol. The molecule has 4 aliphatic rings. The highest BCUT2D eigenvalue weighted by Gasteiger charge is 2.63. The van der Waals surface area contributed by atoms with Crippen LogP contribution in [0.4, 0.5) is 0 Å². The van der Waals surface area contributed by atoms with Crippen LogP contribution in [-0.2, 0) is 6.54 Å². The largest absolute Gasteiger partial charge is 0.390 e. The van der Waals surface area contributed by atoms with E-state index in [1.54, 1.807) is 17.1 Å². The Bertz CT molecular complexity index is 965. The van der Waals surface area contributed by atoms with Crippen LogP contribution in [0, 0.1) is 51.8 Å². The average Bonchev–Trinajstić information content (AvgIpc) is 3.42.